The van der Waals surface area contributed by atoms with Crippen LogP contribution in [0.5, 0.6) is 5.75 Å². The number of para-hydroxylation sites is 1. The summed E-state index contributed by atoms with van der Waals surface area (Å²) < 4.78 is 4.92. The lowest BCUT2D eigenvalue weighted by Crippen LogP contribution is -2.23. The van der Waals surface area contributed by atoms with E-state index in [1.165, 1.54) is 25.3 Å². The molecule has 0 spiro atoms. The van der Waals surface area contributed by atoms with Gasteiger partial charge in [-0.3, -0.25) is 0 Å². The van der Waals surface area contributed by atoms with Gasteiger partial charge in [0.2, 0.25) is 0 Å². The number of rotatable bonds is 5. The van der Waals surface area contributed by atoms with Crippen molar-refractivity contribution in [3.63, 3.8) is 0 Å². The number of methoxy groups -OCH3 is 1. The van der Waals surface area contributed by atoms with Crippen LogP contribution < -0.4 is 4.74 Å². The van der Waals surface area contributed by atoms with Crippen molar-refractivity contribution in [1.29, 1.82) is 0 Å². The van der Waals surface area contributed by atoms with Crippen LogP contribution in [0.1, 0.15) is 22.0 Å². The third kappa shape index (κ3) is 2.73. The van der Waals surface area contributed by atoms with Crippen LogP contribution in [0, 0.1) is 0 Å². The molecule has 6 heteroatoms. The van der Waals surface area contributed by atoms with Crippen LogP contribution >= 0.6 is 0 Å². The van der Waals surface area contributed by atoms with Crippen molar-refractivity contribution in [2.45, 2.75) is 12.2 Å². The number of hydrogen-bond donors (Lipinski definition) is 4. The quantitative estimate of drug-likeness (QED) is 0.568. The second kappa shape index (κ2) is 5.62. The number of carboxylic acid groups (broad SMARTS) is 1. The third-order valence-electron chi connectivity index (χ3n) is 2.35. The lowest BCUT2D eigenvalue weighted by atomic mass is 10.0. The highest BCUT2D eigenvalue weighted by Crippen LogP contribution is 2.30. The summed E-state index contributed by atoms with van der Waals surface area (Å²) in [4.78, 5) is 10.9. The molecule has 6 nitrogen and oxygen atoms in total. The second-order valence-corrected chi connectivity index (χ2v) is 3.43. The Hall–Kier alpha value is -1.63. The van der Waals surface area contributed by atoms with Gasteiger partial charge in [0.15, 0.2) is 0 Å². The Labute approximate surface area is 97.7 Å². The standard InChI is InChI=1S/C11H14O6/c1-17-10-6(9(14)8(13)5-12)3-2-4-7(10)11(15)16/h2-4,8-9,12-14H,5H2,1H3,(H,15,16). The molecule has 0 radical (unpaired) electrons. The van der Waals surface area contributed by atoms with Gasteiger partial charge in [0.1, 0.15) is 23.5 Å². The van der Waals surface area contributed by atoms with E-state index in [1.54, 1.807) is 0 Å². The summed E-state index contributed by atoms with van der Waals surface area (Å²) in [6, 6.07) is 4.17. The maximum atomic E-state index is 10.9. The van der Waals surface area contributed by atoms with E-state index in [4.69, 9.17) is 14.9 Å². The number of hydrogen-bond acceptors (Lipinski definition) is 5. The maximum Gasteiger partial charge on any atom is 0.339 e. The van der Waals surface area contributed by atoms with Crippen molar-refractivity contribution in [2.24, 2.45) is 0 Å². The van der Waals surface area contributed by atoms with Gasteiger partial charge in [-0.05, 0) is 6.07 Å². The zero-order valence-corrected chi connectivity index (χ0v) is 9.20. The minimum absolute atomic E-state index is 0.0278. The van der Waals surface area contributed by atoms with E-state index in [2.05, 4.69) is 0 Å². The first kappa shape index (κ1) is 13.4. The zero-order valence-electron chi connectivity index (χ0n) is 9.20. The van der Waals surface area contributed by atoms with Gasteiger partial charge < -0.3 is 25.2 Å². The molecule has 94 valence electrons. The highest BCUT2D eigenvalue weighted by molar-refractivity contribution is 5.91. The minimum Gasteiger partial charge on any atom is -0.495 e. The summed E-state index contributed by atoms with van der Waals surface area (Å²) in [6.45, 7) is -0.637. The molecule has 2 atom stereocenters. The Morgan fingerprint density at radius 1 is 1.41 bits per heavy atom. The maximum absolute atomic E-state index is 10.9. The topological polar surface area (TPSA) is 107 Å². The second-order valence-electron chi connectivity index (χ2n) is 3.43. The average Bonchev–Trinajstić information content (AvgIpc) is 2.35. The first-order valence-electron chi connectivity index (χ1n) is 4.90. The Bertz CT molecular complexity index is 403. The molecule has 0 amide bonds. The average molecular weight is 242 g/mol. The van der Waals surface area contributed by atoms with Crippen molar-refractivity contribution in [3.8, 4) is 5.75 Å². The summed E-state index contributed by atoms with van der Waals surface area (Å²) >= 11 is 0. The van der Waals surface area contributed by atoms with Crippen molar-refractivity contribution in [2.75, 3.05) is 13.7 Å². The molecule has 0 heterocycles. The molecular weight excluding hydrogens is 228 g/mol. The monoisotopic (exact) mass is 242 g/mol. The summed E-state index contributed by atoms with van der Waals surface area (Å²) in [7, 11) is 1.27. The van der Waals surface area contributed by atoms with Crippen molar-refractivity contribution in [3.05, 3.63) is 29.3 Å². The summed E-state index contributed by atoms with van der Waals surface area (Å²) in [5.74, 6) is -1.23. The van der Waals surface area contributed by atoms with Crippen molar-refractivity contribution < 1.29 is 30.0 Å². The van der Waals surface area contributed by atoms with Crippen molar-refractivity contribution in [1.82, 2.24) is 0 Å². The molecule has 4 N–H and O–H groups in total. The normalized spacial score (nSPS) is 14.1. The number of carboxylic acids is 1. The first-order chi connectivity index (χ1) is 8.02. The fourth-order valence-electron chi connectivity index (χ4n) is 1.49. The lowest BCUT2D eigenvalue weighted by Gasteiger charge is -2.19. The minimum atomic E-state index is -1.41. The van der Waals surface area contributed by atoms with Gasteiger partial charge in [-0.2, -0.15) is 0 Å². The summed E-state index contributed by atoms with van der Waals surface area (Å²) in [5, 5.41) is 36.7. The smallest absolute Gasteiger partial charge is 0.339 e. The van der Waals surface area contributed by atoms with Crippen LogP contribution in [0.15, 0.2) is 18.2 Å². The molecule has 1 aromatic carbocycles. The molecule has 0 saturated heterocycles. The number of benzene rings is 1. The van der Waals surface area contributed by atoms with Crippen LogP contribution in [-0.4, -0.2) is 46.2 Å². The molecular formula is C11H14O6. The Morgan fingerprint density at radius 2 is 2.06 bits per heavy atom. The Kier molecular flexibility index (Phi) is 4.45. The fraction of sp³-hybridized carbons (Fsp3) is 0.364. The SMILES string of the molecule is COc1c(C(=O)O)cccc1C(O)C(O)CO. The van der Waals surface area contributed by atoms with E-state index in [9.17, 15) is 15.0 Å². The van der Waals surface area contributed by atoms with Gasteiger partial charge in [0.25, 0.3) is 0 Å². The molecule has 2 unspecified atom stereocenters. The van der Waals surface area contributed by atoms with Crippen molar-refractivity contribution >= 4 is 5.97 Å². The predicted molar refractivity (Wildman–Crippen MR) is 58.0 cm³/mol. The Morgan fingerprint density at radius 3 is 2.53 bits per heavy atom. The molecule has 17 heavy (non-hydrogen) atoms. The third-order valence-corrected chi connectivity index (χ3v) is 2.35. The zero-order chi connectivity index (χ0) is 13.0. The molecule has 0 saturated carbocycles. The molecule has 0 aliphatic heterocycles. The van der Waals surface area contributed by atoms with E-state index in [0.29, 0.717) is 0 Å². The molecule has 0 aliphatic rings. The van der Waals surface area contributed by atoms with Gasteiger partial charge >= 0.3 is 5.97 Å². The van der Waals surface area contributed by atoms with Crippen LogP contribution in [-0.2, 0) is 0 Å². The van der Waals surface area contributed by atoms with Crippen LogP contribution in [0.2, 0.25) is 0 Å². The first-order valence-corrected chi connectivity index (χ1v) is 4.90. The van der Waals surface area contributed by atoms with Crippen LogP contribution in [0.4, 0.5) is 0 Å². The number of aliphatic hydroxyl groups is 3. The highest BCUT2D eigenvalue weighted by atomic mass is 16.5. The summed E-state index contributed by atoms with van der Waals surface area (Å²) in [6.07, 6.45) is -2.80. The highest BCUT2D eigenvalue weighted by Gasteiger charge is 2.24. The lowest BCUT2D eigenvalue weighted by molar-refractivity contribution is -0.0162. The van der Waals surface area contributed by atoms with Crippen LogP contribution in [0.3, 0.4) is 0 Å². The molecule has 1 aromatic rings. The number of aliphatic hydroxyl groups excluding tert-OH is 3. The van der Waals surface area contributed by atoms with E-state index < -0.39 is 24.8 Å². The summed E-state index contributed by atoms with van der Waals surface area (Å²) in [5.41, 5.74) is 0.00291. The predicted octanol–water partition coefficient (Wildman–Crippen LogP) is -0.220. The largest absolute Gasteiger partial charge is 0.495 e. The fourth-order valence-corrected chi connectivity index (χ4v) is 1.49. The van der Waals surface area contributed by atoms with E-state index in [-0.39, 0.29) is 16.9 Å². The Balaban J connectivity index is 3.24. The molecule has 1 rings (SSSR count). The molecule has 0 aromatic heterocycles. The van der Waals surface area contributed by atoms with Gasteiger partial charge in [0, 0.05) is 5.56 Å². The molecule has 0 bridgehead atoms. The van der Waals surface area contributed by atoms with Gasteiger partial charge in [0.05, 0.1) is 13.7 Å². The van der Waals surface area contributed by atoms with Gasteiger partial charge in [-0.15, -0.1) is 0 Å². The van der Waals surface area contributed by atoms with Crippen LogP contribution in [0.25, 0.3) is 0 Å². The molecule has 0 aliphatic carbocycles. The number of carbonyl (C=O) groups is 1. The van der Waals surface area contributed by atoms with Gasteiger partial charge in [-0.1, -0.05) is 12.1 Å². The van der Waals surface area contributed by atoms with Gasteiger partial charge in [-0.25, -0.2) is 4.79 Å². The number of ether oxygens (including phenoxy) is 1. The molecule has 0 fully saturated rings. The van der Waals surface area contributed by atoms with E-state index in [0.717, 1.165) is 0 Å². The van der Waals surface area contributed by atoms with E-state index >= 15 is 0 Å². The number of aromatic carboxylic acids is 1. The van der Waals surface area contributed by atoms with E-state index in [1.807, 2.05) is 0 Å².